The molecule has 130 valence electrons. The Hall–Kier alpha value is -1.45. The highest BCUT2D eigenvalue weighted by Crippen LogP contribution is 2.39. The van der Waals surface area contributed by atoms with Crippen molar-refractivity contribution >= 4 is 36.2 Å². The number of anilines is 1. The molecule has 23 heavy (non-hydrogen) atoms. The van der Waals surface area contributed by atoms with Gasteiger partial charge in [0.15, 0.2) is 0 Å². The van der Waals surface area contributed by atoms with Crippen molar-refractivity contribution in [2.75, 3.05) is 18.0 Å². The van der Waals surface area contributed by atoms with Gasteiger partial charge in [0.2, 0.25) is 5.75 Å². The minimum atomic E-state index is -4.96. The first kappa shape index (κ1) is 19.6. The van der Waals surface area contributed by atoms with Crippen molar-refractivity contribution in [1.82, 2.24) is 5.32 Å². The largest absolute Gasteiger partial charge is 0.573 e. The Balaban J connectivity index is 0.00000132. The van der Waals surface area contributed by atoms with Crippen molar-refractivity contribution in [3.05, 3.63) is 28.3 Å². The average molecular weight is 376 g/mol. The number of piperazine rings is 1. The monoisotopic (exact) mass is 375 g/mol. The summed E-state index contributed by atoms with van der Waals surface area (Å²) >= 11 is 0. The molecule has 1 saturated heterocycles. The standard InChI is InChI=1S/C12H12F3N3O3.2ClH/c13-12(14,15)21-11-2-1-7(5-10(11)18(19)20)17-4-3-16-8-6-9(8)17;;/h1-2,5,8-9,16H,3-4,6H2;2*1H. The van der Waals surface area contributed by atoms with Crippen LogP contribution in [0.2, 0.25) is 0 Å². The van der Waals surface area contributed by atoms with Gasteiger partial charge in [-0.3, -0.25) is 10.1 Å². The summed E-state index contributed by atoms with van der Waals surface area (Å²) < 4.78 is 40.4. The molecular weight excluding hydrogens is 362 g/mol. The van der Waals surface area contributed by atoms with Gasteiger partial charge in [0.25, 0.3) is 0 Å². The lowest BCUT2D eigenvalue weighted by Crippen LogP contribution is -2.43. The second-order valence-corrected chi connectivity index (χ2v) is 5.01. The molecule has 2 fully saturated rings. The Morgan fingerprint density at radius 1 is 1.35 bits per heavy atom. The van der Waals surface area contributed by atoms with E-state index in [2.05, 4.69) is 10.1 Å². The molecule has 11 heteroatoms. The zero-order valence-corrected chi connectivity index (χ0v) is 13.2. The molecule has 3 rings (SSSR count). The number of rotatable bonds is 3. The van der Waals surface area contributed by atoms with Gasteiger partial charge < -0.3 is 15.0 Å². The fourth-order valence-corrected chi connectivity index (χ4v) is 2.64. The minimum absolute atomic E-state index is 0. The highest BCUT2D eigenvalue weighted by Gasteiger charge is 2.44. The van der Waals surface area contributed by atoms with Crippen molar-refractivity contribution in [1.29, 1.82) is 0 Å². The van der Waals surface area contributed by atoms with Crippen molar-refractivity contribution < 1.29 is 22.8 Å². The van der Waals surface area contributed by atoms with Gasteiger partial charge in [-0.15, -0.1) is 38.0 Å². The van der Waals surface area contributed by atoms with Gasteiger partial charge in [-0.2, -0.15) is 0 Å². The van der Waals surface area contributed by atoms with Gasteiger partial charge in [0, 0.05) is 36.9 Å². The third kappa shape index (κ3) is 4.30. The summed E-state index contributed by atoms with van der Waals surface area (Å²) in [4.78, 5) is 12.1. The highest BCUT2D eigenvalue weighted by atomic mass is 35.5. The summed E-state index contributed by atoms with van der Waals surface area (Å²) in [5.41, 5.74) is -0.134. The van der Waals surface area contributed by atoms with Gasteiger partial charge in [0.1, 0.15) is 0 Å². The third-order valence-electron chi connectivity index (χ3n) is 3.61. The summed E-state index contributed by atoms with van der Waals surface area (Å²) in [6, 6.07) is 4.19. The zero-order valence-electron chi connectivity index (χ0n) is 11.6. The summed E-state index contributed by atoms with van der Waals surface area (Å²) in [7, 11) is 0. The Morgan fingerprint density at radius 2 is 2.04 bits per heavy atom. The number of nitro benzene ring substituents is 1. The number of halogens is 5. The van der Waals surface area contributed by atoms with Crippen LogP contribution >= 0.6 is 24.8 Å². The first-order chi connectivity index (χ1) is 9.85. The molecule has 2 atom stereocenters. The molecule has 0 spiro atoms. The summed E-state index contributed by atoms with van der Waals surface area (Å²) in [6.07, 6.45) is -4.02. The Bertz CT molecular complexity index is 588. The van der Waals surface area contributed by atoms with Gasteiger partial charge in [-0.1, -0.05) is 0 Å². The minimum Gasteiger partial charge on any atom is -0.398 e. The van der Waals surface area contributed by atoms with E-state index in [4.69, 9.17) is 0 Å². The number of nitrogens with zero attached hydrogens (tertiary/aromatic N) is 2. The molecular formula is C12H14Cl2F3N3O3. The predicted octanol–water partition coefficient (Wildman–Crippen LogP) is 2.89. The molecule has 0 amide bonds. The molecule has 1 aliphatic heterocycles. The molecule has 1 aromatic carbocycles. The van der Waals surface area contributed by atoms with E-state index in [1.54, 1.807) is 0 Å². The summed E-state index contributed by atoms with van der Waals surface area (Å²) in [6.45, 7) is 1.41. The van der Waals surface area contributed by atoms with E-state index >= 15 is 0 Å². The molecule has 0 aromatic heterocycles. The van der Waals surface area contributed by atoms with Crippen LogP contribution in [0.25, 0.3) is 0 Å². The summed E-state index contributed by atoms with van der Waals surface area (Å²) in [5, 5.41) is 14.2. The normalized spacial score (nSPS) is 22.3. The number of benzene rings is 1. The fourth-order valence-electron chi connectivity index (χ4n) is 2.64. The number of hydrogen-bond acceptors (Lipinski definition) is 5. The molecule has 1 heterocycles. The Kier molecular flexibility index (Phi) is 5.95. The topological polar surface area (TPSA) is 67.6 Å². The van der Waals surface area contributed by atoms with Crippen LogP contribution in [-0.4, -0.2) is 36.5 Å². The maximum absolute atomic E-state index is 12.2. The third-order valence-corrected chi connectivity index (χ3v) is 3.61. The fraction of sp³-hybridized carbons (Fsp3) is 0.500. The number of ether oxygens (including phenoxy) is 1. The van der Waals surface area contributed by atoms with Crippen molar-refractivity contribution in [2.24, 2.45) is 0 Å². The SMILES string of the molecule is Cl.Cl.O=[N+]([O-])c1cc(N2CCNC3CC32)ccc1OC(F)(F)F. The second kappa shape index (κ2) is 6.98. The maximum atomic E-state index is 12.2. The lowest BCUT2D eigenvalue weighted by molar-refractivity contribution is -0.388. The highest BCUT2D eigenvalue weighted by molar-refractivity contribution is 5.85. The van der Waals surface area contributed by atoms with E-state index in [0.717, 1.165) is 25.1 Å². The van der Waals surface area contributed by atoms with Crippen molar-refractivity contribution in [3.63, 3.8) is 0 Å². The quantitative estimate of drug-likeness (QED) is 0.649. The zero-order chi connectivity index (χ0) is 15.2. The number of nitro groups is 1. The van der Waals surface area contributed by atoms with E-state index in [-0.39, 0.29) is 30.9 Å². The Morgan fingerprint density at radius 3 is 2.65 bits per heavy atom. The van der Waals surface area contributed by atoms with Gasteiger partial charge >= 0.3 is 12.0 Å². The van der Waals surface area contributed by atoms with Crippen LogP contribution in [0.15, 0.2) is 18.2 Å². The van der Waals surface area contributed by atoms with Gasteiger partial charge in [-0.05, 0) is 18.6 Å². The molecule has 1 aromatic rings. The van der Waals surface area contributed by atoms with Gasteiger partial charge in [0.05, 0.1) is 4.92 Å². The van der Waals surface area contributed by atoms with E-state index < -0.39 is 22.7 Å². The first-order valence-corrected chi connectivity index (χ1v) is 6.39. The van der Waals surface area contributed by atoms with E-state index in [1.807, 2.05) is 4.90 Å². The van der Waals surface area contributed by atoms with Crippen LogP contribution in [-0.2, 0) is 0 Å². The smallest absolute Gasteiger partial charge is 0.398 e. The molecule has 1 aliphatic carbocycles. The number of hydrogen-bond donors (Lipinski definition) is 1. The molecule has 0 radical (unpaired) electrons. The van der Waals surface area contributed by atoms with Crippen LogP contribution in [0.3, 0.4) is 0 Å². The molecule has 1 saturated carbocycles. The van der Waals surface area contributed by atoms with Crippen LogP contribution in [0.1, 0.15) is 6.42 Å². The predicted molar refractivity (Wildman–Crippen MR) is 81.8 cm³/mol. The molecule has 1 N–H and O–H groups in total. The van der Waals surface area contributed by atoms with Gasteiger partial charge in [-0.25, -0.2) is 0 Å². The number of nitrogens with one attached hydrogen (secondary N) is 1. The number of alkyl halides is 3. The van der Waals surface area contributed by atoms with E-state index in [1.165, 1.54) is 6.07 Å². The van der Waals surface area contributed by atoms with Crippen molar-refractivity contribution in [2.45, 2.75) is 24.9 Å². The second-order valence-electron chi connectivity index (χ2n) is 5.01. The first-order valence-electron chi connectivity index (χ1n) is 6.39. The van der Waals surface area contributed by atoms with Crippen LogP contribution < -0.4 is 15.0 Å². The molecule has 6 nitrogen and oxygen atoms in total. The molecule has 0 bridgehead atoms. The lowest BCUT2D eigenvalue weighted by Gasteiger charge is -2.29. The van der Waals surface area contributed by atoms with E-state index in [0.29, 0.717) is 18.3 Å². The lowest BCUT2D eigenvalue weighted by atomic mass is 10.2. The van der Waals surface area contributed by atoms with Crippen LogP contribution in [0.5, 0.6) is 5.75 Å². The van der Waals surface area contributed by atoms with Crippen molar-refractivity contribution in [3.8, 4) is 5.75 Å². The van der Waals surface area contributed by atoms with E-state index in [9.17, 15) is 23.3 Å². The summed E-state index contributed by atoms with van der Waals surface area (Å²) in [5.74, 6) is -0.793. The van der Waals surface area contributed by atoms with Crippen LogP contribution in [0.4, 0.5) is 24.5 Å². The molecule has 2 unspecified atom stereocenters. The Labute approximate surface area is 141 Å². The van der Waals surface area contributed by atoms with Crippen LogP contribution in [0, 0.1) is 10.1 Å². The average Bonchev–Trinajstić information content (AvgIpc) is 3.16. The maximum Gasteiger partial charge on any atom is 0.573 e. The number of fused-ring (bicyclic) bond motifs is 1. The molecule has 2 aliphatic rings.